The molecule has 0 aliphatic carbocycles. The van der Waals surface area contributed by atoms with Crippen molar-refractivity contribution in [2.24, 2.45) is 5.41 Å². The zero-order valence-electron chi connectivity index (χ0n) is 9.96. The summed E-state index contributed by atoms with van der Waals surface area (Å²) in [7, 11) is 1.66. The molecule has 0 bridgehead atoms. The summed E-state index contributed by atoms with van der Waals surface area (Å²) in [4.78, 5) is 9.74. The number of nitro groups is 1. The molecule has 0 amide bonds. The van der Waals surface area contributed by atoms with E-state index in [2.05, 4.69) is 31.4 Å². The number of hydrogen-bond donors (Lipinski definition) is 2. The van der Waals surface area contributed by atoms with Crippen molar-refractivity contribution >= 4 is 0 Å². The molecule has 0 aromatic rings. The summed E-state index contributed by atoms with van der Waals surface area (Å²) in [5, 5.41) is 15.9. The Labute approximate surface area is 91.1 Å². The van der Waals surface area contributed by atoms with Gasteiger partial charge in [0.1, 0.15) is 0 Å². The largest absolute Gasteiger partial charge is 0.370 e. The van der Waals surface area contributed by atoms with Crippen LogP contribution in [0.2, 0.25) is 0 Å². The fraction of sp³-hybridized carbons (Fsp3) is 0.800. The third-order valence-electron chi connectivity index (χ3n) is 1.92. The Kier molecular flexibility index (Phi) is 5.74. The van der Waals surface area contributed by atoms with E-state index in [-0.39, 0.29) is 0 Å². The average molecular weight is 215 g/mol. The monoisotopic (exact) mass is 215 g/mol. The van der Waals surface area contributed by atoms with Gasteiger partial charge in [-0.3, -0.25) is 10.1 Å². The predicted octanol–water partition coefficient (Wildman–Crippen LogP) is 1.70. The van der Waals surface area contributed by atoms with E-state index >= 15 is 0 Å². The van der Waals surface area contributed by atoms with Crippen LogP contribution >= 0.6 is 0 Å². The number of hydrogen-bond acceptors (Lipinski definition) is 4. The van der Waals surface area contributed by atoms with Crippen LogP contribution in [0.15, 0.2) is 12.0 Å². The molecule has 0 spiro atoms. The first kappa shape index (κ1) is 13.7. The second kappa shape index (κ2) is 6.27. The molecule has 0 fully saturated rings. The molecule has 88 valence electrons. The molecule has 0 aliphatic heterocycles. The second-order valence-corrected chi connectivity index (χ2v) is 4.67. The maximum atomic E-state index is 10.2. The van der Waals surface area contributed by atoms with Gasteiger partial charge in [-0.2, -0.15) is 0 Å². The fourth-order valence-electron chi connectivity index (χ4n) is 1.15. The highest BCUT2D eigenvalue weighted by Crippen LogP contribution is 2.19. The summed E-state index contributed by atoms with van der Waals surface area (Å²) < 4.78 is 0. The van der Waals surface area contributed by atoms with Crippen LogP contribution in [0.25, 0.3) is 0 Å². The zero-order valence-corrected chi connectivity index (χ0v) is 9.96. The van der Waals surface area contributed by atoms with Crippen LogP contribution in [0.4, 0.5) is 0 Å². The Morgan fingerprint density at radius 2 is 2.07 bits per heavy atom. The molecule has 5 heteroatoms. The Hall–Kier alpha value is -1.26. The van der Waals surface area contributed by atoms with Crippen LogP contribution in [0.1, 0.15) is 33.6 Å². The van der Waals surface area contributed by atoms with Gasteiger partial charge in [-0.1, -0.05) is 20.8 Å². The third kappa shape index (κ3) is 9.05. The minimum Gasteiger partial charge on any atom is -0.370 e. The Morgan fingerprint density at radius 1 is 1.47 bits per heavy atom. The molecule has 0 aromatic carbocycles. The van der Waals surface area contributed by atoms with Crippen LogP contribution in [0.5, 0.6) is 0 Å². The van der Waals surface area contributed by atoms with Crippen molar-refractivity contribution in [2.75, 3.05) is 13.6 Å². The van der Waals surface area contributed by atoms with Gasteiger partial charge >= 0.3 is 0 Å². The van der Waals surface area contributed by atoms with Crippen LogP contribution in [-0.4, -0.2) is 18.5 Å². The highest BCUT2D eigenvalue weighted by molar-refractivity contribution is 4.90. The van der Waals surface area contributed by atoms with E-state index in [1.165, 1.54) is 0 Å². The van der Waals surface area contributed by atoms with Crippen molar-refractivity contribution in [3.63, 3.8) is 0 Å². The molecule has 0 heterocycles. The lowest BCUT2D eigenvalue weighted by molar-refractivity contribution is -0.404. The normalized spacial score (nSPS) is 12.4. The molecule has 0 rings (SSSR count). The average Bonchev–Trinajstić information content (AvgIpc) is 2.08. The maximum absolute atomic E-state index is 10.2. The Balaban J connectivity index is 3.79. The van der Waals surface area contributed by atoms with Crippen LogP contribution in [-0.2, 0) is 0 Å². The molecule has 0 saturated carbocycles. The summed E-state index contributed by atoms with van der Waals surface area (Å²) in [6, 6.07) is 0. The van der Waals surface area contributed by atoms with Crippen molar-refractivity contribution in [2.45, 2.75) is 33.6 Å². The lowest BCUT2D eigenvalue weighted by atomic mass is 9.91. The SMILES string of the molecule is CN/C(=C\[N+](=O)[O-])NCCCC(C)(C)C. The van der Waals surface area contributed by atoms with Gasteiger partial charge in [-0.05, 0) is 18.3 Å². The predicted molar refractivity (Wildman–Crippen MR) is 60.8 cm³/mol. The lowest BCUT2D eigenvalue weighted by Crippen LogP contribution is -2.26. The first-order valence-electron chi connectivity index (χ1n) is 5.12. The minimum absolute atomic E-state index is 0.314. The number of rotatable bonds is 6. The molecular weight excluding hydrogens is 194 g/mol. The number of nitrogens with one attached hydrogen (secondary N) is 2. The Bertz CT molecular complexity index is 231. The van der Waals surface area contributed by atoms with Gasteiger partial charge in [0.15, 0.2) is 5.82 Å². The highest BCUT2D eigenvalue weighted by atomic mass is 16.6. The van der Waals surface area contributed by atoms with Crippen molar-refractivity contribution < 1.29 is 4.92 Å². The summed E-state index contributed by atoms with van der Waals surface area (Å²) in [5.41, 5.74) is 0.314. The summed E-state index contributed by atoms with van der Waals surface area (Å²) in [6.07, 6.45) is 3.03. The summed E-state index contributed by atoms with van der Waals surface area (Å²) in [6.45, 7) is 7.29. The van der Waals surface area contributed by atoms with Crippen molar-refractivity contribution in [3.8, 4) is 0 Å². The molecule has 0 aliphatic rings. The molecule has 0 saturated heterocycles. The highest BCUT2D eigenvalue weighted by Gasteiger charge is 2.09. The van der Waals surface area contributed by atoms with Gasteiger partial charge in [0, 0.05) is 13.6 Å². The molecule has 2 N–H and O–H groups in total. The first-order valence-corrected chi connectivity index (χ1v) is 5.12. The van der Waals surface area contributed by atoms with Crippen LogP contribution in [0, 0.1) is 15.5 Å². The summed E-state index contributed by atoms with van der Waals surface area (Å²) in [5.74, 6) is 0.453. The van der Waals surface area contributed by atoms with E-state index in [1.807, 2.05) is 0 Å². The topological polar surface area (TPSA) is 67.2 Å². The molecule has 0 aromatic heterocycles. The quantitative estimate of drug-likeness (QED) is 0.402. The first-order chi connectivity index (χ1) is 6.85. The number of nitrogens with zero attached hydrogens (tertiary/aromatic N) is 1. The van der Waals surface area contributed by atoms with E-state index in [0.717, 1.165) is 25.6 Å². The van der Waals surface area contributed by atoms with Gasteiger partial charge in [0.05, 0.1) is 4.92 Å². The standard InChI is InChI=1S/C10H21N3O2/c1-10(2,3)6-5-7-12-9(11-4)8-13(14)15/h8,11-12H,5-7H2,1-4H3/b9-8+. The van der Waals surface area contributed by atoms with Gasteiger partial charge in [0.2, 0.25) is 0 Å². The smallest absolute Gasteiger partial charge is 0.274 e. The molecule has 0 radical (unpaired) electrons. The maximum Gasteiger partial charge on any atom is 0.274 e. The lowest BCUT2D eigenvalue weighted by Gasteiger charge is -2.18. The zero-order chi connectivity index (χ0) is 11.9. The van der Waals surface area contributed by atoms with Crippen molar-refractivity contribution in [1.29, 1.82) is 0 Å². The van der Waals surface area contributed by atoms with Crippen LogP contribution in [0.3, 0.4) is 0 Å². The van der Waals surface area contributed by atoms with Gasteiger partial charge < -0.3 is 10.6 Å². The van der Waals surface area contributed by atoms with E-state index in [4.69, 9.17) is 0 Å². The van der Waals surface area contributed by atoms with Crippen molar-refractivity contribution in [1.82, 2.24) is 10.6 Å². The molecule has 0 unspecified atom stereocenters. The van der Waals surface area contributed by atoms with Crippen LogP contribution < -0.4 is 10.6 Å². The van der Waals surface area contributed by atoms with E-state index < -0.39 is 4.92 Å². The van der Waals surface area contributed by atoms with E-state index in [1.54, 1.807) is 7.05 Å². The van der Waals surface area contributed by atoms with E-state index in [0.29, 0.717) is 11.2 Å². The Morgan fingerprint density at radius 3 is 2.47 bits per heavy atom. The van der Waals surface area contributed by atoms with Gasteiger partial charge in [-0.15, -0.1) is 0 Å². The molecule has 5 nitrogen and oxygen atoms in total. The second-order valence-electron chi connectivity index (χ2n) is 4.67. The molecule has 0 atom stereocenters. The van der Waals surface area contributed by atoms with E-state index in [9.17, 15) is 10.1 Å². The minimum atomic E-state index is -0.470. The fourth-order valence-corrected chi connectivity index (χ4v) is 1.15. The van der Waals surface area contributed by atoms with Gasteiger partial charge in [0.25, 0.3) is 6.20 Å². The summed E-state index contributed by atoms with van der Waals surface area (Å²) >= 11 is 0. The molecule has 15 heavy (non-hydrogen) atoms. The third-order valence-corrected chi connectivity index (χ3v) is 1.92. The van der Waals surface area contributed by atoms with Gasteiger partial charge in [-0.25, -0.2) is 0 Å². The van der Waals surface area contributed by atoms with Crippen molar-refractivity contribution in [3.05, 3.63) is 22.1 Å². The molecular formula is C10H21N3O2.